The summed E-state index contributed by atoms with van der Waals surface area (Å²) in [5.41, 5.74) is 3.47. The summed E-state index contributed by atoms with van der Waals surface area (Å²) < 4.78 is 1.95. The summed E-state index contributed by atoms with van der Waals surface area (Å²) in [6.07, 6.45) is 6.15. The van der Waals surface area contributed by atoms with Crippen LogP contribution >= 0.6 is 0 Å². The topological polar surface area (TPSA) is 46.5 Å². The molecule has 2 aromatic rings. The number of aryl methyl sites for hydroxylation is 1. The quantitative estimate of drug-likeness (QED) is 0.818. The van der Waals surface area contributed by atoms with Crippen molar-refractivity contribution in [3.8, 4) is 11.5 Å². The summed E-state index contributed by atoms with van der Waals surface area (Å²) in [7, 11) is 1.98. The van der Waals surface area contributed by atoms with Gasteiger partial charge in [-0.15, -0.1) is 0 Å². The Balaban J connectivity index is 2.02. The highest BCUT2D eigenvalue weighted by Gasteiger charge is 2.25. The number of fused-ring (bicyclic) bond motifs is 1. The maximum atomic E-state index is 4.72. The van der Waals surface area contributed by atoms with E-state index in [0.29, 0.717) is 5.92 Å². The van der Waals surface area contributed by atoms with E-state index >= 15 is 0 Å². The van der Waals surface area contributed by atoms with Gasteiger partial charge in [-0.3, -0.25) is 0 Å². The number of hydrogen-bond acceptors (Lipinski definition) is 2. The van der Waals surface area contributed by atoms with Crippen molar-refractivity contribution in [1.29, 1.82) is 0 Å². The van der Waals surface area contributed by atoms with E-state index in [9.17, 15) is 0 Å². The van der Waals surface area contributed by atoms with Gasteiger partial charge < -0.3 is 9.55 Å². The van der Waals surface area contributed by atoms with Crippen LogP contribution < -0.4 is 0 Å². The Bertz CT molecular complexity index is 537. The number of nitrogens with one attached hydrogen (secondary N) is 1. The summed E-state index contributed by atoms with van der Waals surface area (Å²) in [6.45, 7) is 4.57. The number of rotatable bonds is 1. The second kappa shape index (κ2) is 3.72. The molecule has 17 heavy (non-hydrogen) atoms. The molecule has 1 aliphatic carbocycles. The lowest BCUT2D eigenvalue weighted by molar-refractivity contribution is 0.440. The predicted octanol–water partition coefficient (Wildman–Crippen LogP) is 2.50. The van der Waals surface area contributed by atoms with Gasteiger partial charge in [0.2, 0.25) is 0 Å². The van der Waals surface area contributed by atoms with E-state index in [1.54, 1.807) is 0 Å². The van der Waals surface area contributed by atoms with E-state index in [4.69, 9.17) is 4.98 Å². The van der Waals surface area contributed by atoms with E-state index in [0.717, 1.165) is 23.9 Å². The second-order valence-electron chi connectivity index (χ2n) is 5.32. The standard InChI is InChI=1S/C13H18N4/c1-8-4-9(2)12-10(5-8)15-13(16-12)11-6-17(3)7-14-11/h6-9H,4-5H2,1-3H3,(H,15,16). The average Bonchev–Trinajstić information content (AvgIpc) is 2.83. The third-order valence-electron chi connectivity index (χ3n) is 3.53. The summed E-state index contributed by atoms with van der Waals surface area (Å²) in [5, 5.41) is 0. The molecule has 0 spiro atoms. The van der Waals surface area contributed by atoms with Gasteiger partial charge in [0.05, 0.1) is 12.0 Å². The molecule has 0 saturated carbocycles. The van der Waals surface area contributed by atoms with Gasteiger partial charge >= 0.3 is 0 Å². The molecule has 0 saturated heterocycles. The second-order valence-corrected chi connectivity index (χ2v) is 5.32. The van der Waals surface area contributed by atoms with E-state index < -0.39 is 0 Å². The Morgan fingerprint density at radius 1 is 1.41 bits per heavy atom. The van der Waals surface area contributed by atoms with Crippen LogP contribution in [0.2, 0.25) is 0 Å². The summed E-state index contributed by atoms with van der Waals surface area (Å²) in [6, 6.07) is 0. The minimum Gasteiger partial charge on any atom is -0.340 e. The van der Waals surface area contributed by atoms with Crippen LogP contribution in [0, 0.1) is 5.92 Å². The van der Waals surface area contributed by atoms with Crippen molar-refractivity contribution in [1.82, 2.24) is 19.5 Å². The lowest BCUT2D eigenvalue weighted by atomic mass is 9.84. The van der Waals surface area contributed by atoms with Gasteiger partial charge in [-0.1, -0.05) is 13.8 Å². The Morgan fingerprint density at radius 3 is 2.94 bits per heavy atom. The normalized spacial score (nSPS) is 23.7. The zero-order valence-electron chi connectivity index (χ0n) is 10.6. The van der Waals surface area contributed by atoms with Crippen LogP contribution in [-0.2, 0) is 13.5 Å². The minimum absolute atomic E-state index is 0.558. The van der Waals surface area contributed by atoms with Crippen LogP contribution in [0.25, 0.3) is 11.5 Å². The van der Waals surface area contributed by atoms with Crippen LogP contribution in [0.15, 0.2) is 12.5 Å². The predicted molar refractivity (Wildman–Crippen MR) is 66.7 cm³/mol. The molecule has 0 radical (unpaired) electrons. The van der Waals surface area contributed by atoms with Gasteiger partial charge in [-0.25, -0.2) is 9.97 Å². The highest BCUT2D eigenvalue weighted by Crippen LogP contribution is 2.34. The third kappa shape index (κ3) is 1.77. The van der Waals surface area contributed by atoms with Crippen molar-refractivity contribution >= 4 is 0 Å². The number of imidazole rings is 2. The van der Waals surface area contributed by atoms with Gasteiger partial charge in [0.25, 0.3) is 0 Å². The fourth-order valence-electron chi connectivity index (χ4n) is 2.79. The van der Waals surface area contributed by atoms with E-state index in [2.05, 4.69) is 23.8 Å². The lowest BCUT2D eigenvalue weighted by Gasteiger charge is -2.22. The molecule has 3 rings (SSSR count). The van der Waals surface area contributed by atoms with Gasteiger partial charge in [0.15, 0.2) is 5.82 Å². The molecule has 0 bridgehead atoms. The van der Waals surface area contributed by atoms with Crippen LogP contribution in [0.5, 0.6) is 0 Å². The zero-order chi connectivity index (χ0) is 12.0. The Kier molecular flexibility index (Phi) is 2.31. The molecular formula is C13H18N4. The summed E-state index contributed by atoms with van der Waals surface area (Å²) in [4.78, 5) is 12.5. The van der Waals surface area contributed by atoms with Gasteiger partial charge in [0, 0.05) is 24.9 Å². The first kappa shape index (κ1) is 10.6. The molecule has 1 N–H and O–H groups in total. The van der Waals surface area contributed by atoms with E-state index in [1.807, 2.05) is 24.1 Å². The Hall–Kier alpha value is -1.58. The van der Waals surface area contributed by atoms with Gasteiger partial charge in [-0.2, -0.15) is 0 Å². The first-order chi connectivity index (χ1) is 8.13. The first-order valence-electron chi connectivity index (χ1n) is 6.20. The maximum Gasteiger partial charge on any atom is 0.158 e. The number of aromatic amines is 1. The molecular weight excluding hydrogens is 212 g/mol. The van der Waals surface area contributed by atoms with Crippen molar-refractivity contribution in [2.45, 2.75) is 32.6 Å². The number of aromatic nitrogens is 4. The molecule has 0 aliphatic heterocycles. The fraction of sp³-hybridized carbons (Fsp3) is 0.538. The van der Waals surface area contributed by atoms with E-state index in [1.165, 1.54) is 17.8 Å². The molecule has 2 heterocycles. The lowest BCUT2D eigenvalue weighted by Crippen LogP contribution is -2.14. The molecule has 1 aliphatic rings. The number of H-pyrrole nitrogens is 1. The molecule has 2 unspecified atom stereocenters. The average molecular weight is 230 g/mol. The molecule has 0 amide bonds. The zero-order valence-corrected chi connectivity index (χ0v) is 10.6. The smallest absolute Gasteiger partial charge is 0.158 e. The van der Waals surface area contributed by atoms with Crippen LogP contribution in [-0.4, -0.2) is 19.5 Å². The van der Waals surface area contributed by atoms with E-state index in [-0.39, 0.29) is 0 Å². The largest absolute Gasteiger partial charge is 0.340 e. The molecule has 2 atom stereocenters. The van der Waals surface area contributed by atoms with Crippen LogP contribution in [0.4, 0.5) is 0 Å². The highest BCUT2D eigenvalue weighted by molar-refractivity contribution is 5.50. The fourth-order valence-corrected chi connectivity index (χ4v) is 2.79. The van der Waals surface area contributed by atoms with Gasteiger partial charge in [0.1, 0.15) is 5.69 Å². The highest BCUT2D eigenvalue weighted by atomic mass is 15.0. The Labute approximate surface area is 101 Å². The molecule has 90 valence electrons. The van der Waals surface area contributed by atoms with Crippen molar-refractivity contribution in [2.75, 3.05) is 0 Å². The minimum atomic E-state index is 0.558. The first-order valence-corrected chi connectivity index (χ1v) is 6.20. The van der Waals surface area contributed by atoms with Crippen molar-refractivity contribution in [2.24, 2.45) is 13.0 Å². The molecule has 4 nitrogen and oxygen atoms in total. The van der Waals surface area contributed by atoms with Crippen LogP contribution in [0.1, 0.15) is 37.6 Å². The maximum absolute atomic E-state index is 4.72. The Morgan fingerprint density at radius 2 is 2.24 bits per heavy atom. The van der Waals surface area contributed by atoms with Gasteiger partial charge in [-0.05, 0) is 18.8 Å². The van der Waals surface area contributed by atoms with Crippen molar-refractivity contribution < 1.29 is 0 Å². The monoisotopic (exact) mass is 230 g/mol. The summed E-state index contributed by atoms with van der Waals surface area (Å²) in [5.74, 6) is 2.22. The summed E-state index contributed by atoms with van der Waals surface area (Å²) >= 11 is 0. The molecule has 2 aromatic heterocycles. The number of hydrogen-bond donors (Lipinski definition) is 1. The molecule has 0 aromatic carbocycles. The number of nitrogens with zero attached hydrogens (tertiary/aromatic N) is 3. The van der Waals surface area contributed by atoms with Crippen LogP contribution in [0.3, 0.4) is 0 Å². The molecule has 4 heteroatoms. The third-order valence-corrected chi connectivity index (χ3v) is 3.53. The van der Waals surface area contributed by atoms with Crippen molar-refractivity contribution in [3.63, 3.8) is 0 Å². The van der Waals surface area contributed by atoms with Crippen molar-refractivity contribution in [3.05, 3.63) is 23.9 Å². The molecule has 0 fully saturated rings. The SMILES string of the molecule is CC1Cc2[nH]c(-c3cn(C)cn3)nc2C(C)C1.